The maximum absolute atomic E-state index is 12.1. The fraction of sp³-hybridized carbons (Fsp3) is 0.667. The largest absolute Gasteiger partial charge is 0.496 e. The number of benzene rings is 1. The molecule has 1 aromatic carbocycles. The van der Waals surface area contributed by atoms with E-state index in [1.165, 1.54) is 24.8 Å². The third kappa shape index (κ3) is 8.60. The standard InChI is InChI=1S/C24H39N5O3.HI/c1-28(2)23(30)18-27-24(25-16-19-10-6-9-15-32-19)26-17-21(29-13-7-8-14-29)20-11-4-5-12-22(20)31-3;/h4-5,11-12,19,21H,6-10,13-18H2,1-3H3,(H2,25,26,27);1H. The van der Waals surface area contributed by atoms with Gasteiger partial charge >= 0.3 is 0 Å². The van der Waals surface area contributed by atoms with Crippen molar-refractivity contribution in [3.05, 3.63) is 29.8 Å². The zero-order chi connectivity index (χ0) is 22.8. The predicted octanol–water partition coefficient (Wildman–Crippen LogP) is 2.64. The first-order valence-electron chi connectivity index (χ1n) is 11.8. The number of methoxy groups -OCH3 is 1. The number of nitrogens with one attached hydrogen (secondary N) is 2. The van der Waals surface area contributed by atoms with Crippen LogP contribution in [0.25, 0.3) is 0 Å². The molecule has 2 atom stereocenters. The molecule has 186 valence electrons. The normalized spacial score (nSPS) is 20.0. The molecule has 0 aromatic heterocycles. The Labute approximate surface area is 215 Å². The van der Waals surface area contributed by atoms with Crippen LogP contribution in [0.2, 0.25) is 0 Å². The molecule has 33 heavy (non-hydrogen) atoms. The summed E-state index contributed by atoms with van der Waals surface area (Å²) < 4.78 is 11.5. The molecule has 2 saturated heterocycles. The zero-order valence-corrected chi connectivity index (χ0v) is 22.5. The van der Waals surface area contributed by atoms with Crippen LogP contribution in [0.3, 0.4) is 0 Å². The number of guanidine groups is 1. The molecule has 2 aliphatic heterocycles. The van der Waals surface area contributed by atoms with E-state index in [4.69, 9.17) is 9.47 Å². The highest BCUT2D eigenvalue weighted by Crippen LogP contribution is 2.31. The molecule has 1 amide bonds. The summed E-state index contributed by atoms with van der Waals surface area (Å²) in [7, 11) is 5.22. The molecule has 2 unspecified atom stereocenters. The van der Waals surface area contributed by atoms with E-state index < -0.39 is 0 Å². The minimum absolute atomic E-state index is 0. The molecule has 9 heteroatoms. The van der Waals surface area contributed by atoms with Crippen LogP contribution in [-0.4, -0.2) is 88.3 Å². The summed E-state index contributed by atoms with van der Waals surface area (Å²) in [4.78, 5) is 20.7. The molecule has 0 bridgehead atoms. The van der Waals surface area contributed by atoms with Crippen molar-refractivity contribution in [3.63, 3.8) is 0 Å². The van der Waals surface area contributed by atoms with Gasteiger partial charge in [-0.1, -0.05) is 18.2 Å². The van der Waals surface area contributed by atoms with Gasteiger partial charge in [-0.3, -0.25) is 9.69 Å². The number of amides is 1. The minimum Gasteiger partial charge on any atom is -0.496 e. The van der Waals surface area contributed by atoms with Crippen molar-refractivity contribution in [3.8, 4) is 5.75 Å². The Balaban J connectivity index is 0.00000385. The van der Waals surface area contributed by atoms with Crippen LogP contribution in [0.4, 0.5) is 0 Å². The van der Waals surface area contributed by atoms with Crippen LogP contribution in [0, 0.1) is 0 Å². The molecule has 2 fully saturated rings. The lowest BCUT2D eigenvalue weighted by Gasteiger charge is -2.30. The van der Waals surface area contributed by atoms with Crippen molar-refractivity contribution in [2.24, 2.45) is 4.99 Å². The van der Waals surface area contributed by atoms with Crippen LogP contribution >= 0.6 is 24.0 Å². The lowest BCUT2D eigenvalue weighted by atomic mass is 10.0. The highest BCUT2D eigenvalue weighted by atomic mass is 127. The molecule has 0 saturated carbocycles. The van der Waals surface area contributed by atoms with E-state index in [9.17, 15) is 4.79 Å². The van der Waals surface area contributed by atoms with Gasteiger partial charge in [-0.05, 0) is 51.3 Å². The van der Waals surface area contributed by atoms with Crippen LogP contribution in [0.15, 0.2) is 29.3 Å². The number of para-hydroxylation sites is 1. The molecule has 1 aromatic rings. The maximum Gasteiger partial charge on any atom is 0.243 e. The molecule has 0 spiro atoms. The first-order chi connectivity index (χ1) is 15.6. The summed E-state index contributed by atoms with van der Waals surface area (Å²) in [5, 5.41) is 6.90. The number of likely N-dealkylation sites (N-methyl/N-ethyl adjacent to an activating group) is 1. The smallest absolute Gasteiger partial charge is 0.243 e. The fourth-order valence-corrected chi connectivity index (χ4v) is 4.27. The van der Waals surface area contributed by atoms with Crippen molar-refractivity contribution in [1.82, 2.24) is 20.4 Å². The lowest BCUT2D eigenvalue weighted by molar-refractivity contribution is -0.127. The van der Waals surface area contributed by atoms with Crippen molar-refractivity contribution >= 4 is 35.8 Å². The number of hydrogen-bond donors (Lipinski definition) is 2. The third-order valence-corrected chi connectivity index (χ3v) is 6.18. The van der Waals surface area contributed by atoms with Gasteiger partial charge in [-0.25, -0.2) is 4.99 Å². The quantitative estimate of drug-likeness (QED) is 0.269. The summed E-state index contributed by atoms with van der Waals surface area (Å²) in [5.41, 5.74) is 1.17. The van der Waals surface area contributed by atoms with Gasteiger partial charge in [0.2, 0.25) is 5.91 Å². The van der Waals surface area contributed by atoms with Gasteiger partial charge in [0, 0.05) is 39.4 Å². The van der Waals surface area contributed by atoms with Gasteiger partial charge in [0.05, 0.1) is 19.3 Å². The van der Waals surface area contributed by atoms with Gasteiger partial charge in [-0.2, -0.15) is 0 Å². The van der Waals surface area contributed by atoms with Gasteiger partial charge in [0.25, 0.3) is 0 Å². The highest BCUT2D eigenvalue weighted by molar-refractivity contribution is 14.0. The molecule has 2 N–H and O–H groups in total. The van der Waals surface area contributed by atoms with Crippen LogP contribution in [0.1, 0.15) is 43.7 Å². The van der Waals surface area contributed by atoms with Crippen LogP contribution in [0.5, 0.6) is 5.75 Å². The van der Waals surface area contributed by atoms with E-state index in [0.717, 1.165) is 38.3 Å². The van der Waals surface area contributed by atoms with E-state index in [0.29, 0.717) is 19.0 Å². The van der Waals surface area contributed by atoms with E-state index in [1.807, 2.05) is 12.1 Å². The summed E-state index contributed by atoms with van der Waals surface area (Å²) in [5.74, 6) is 1.52. The van der Waals surface area contributed by atoms with Gasteiger partial charge in [0.1, 0.15) is 12.3 Å². The number of carbonyl (C=O) groups is 1. The van der Waals surface area contributed by atoms with Crippen LogP contribution < -0.4 is 15.4 Å². The number of aliphatic imine (C=N–C) groups is 1. The van der Waals surface area contributed by atoms with Crippen LogP contribution in [-0.2, 0) is 9.53 Å². The predicted molar refractivity (Wildman–Crippen MR) is 143 cm³/mol. The second-order valence-corrected chi connectivity index (χ2v) is 8.70. The monoisotopic (exact) mass is 573 g/mol. The topological polar surface area (TPSA) is 78.4 Å². The molecular weight excluding hydrogens is 533 g/mol. The second-order valence-electron chi connectivity index (χ2n) is 8.70. The average molecular weight is 574 g/mol. The Morgan fingerprint density at radius 3 is 2.64 bits per heavy atom. The van der Waals surface area contributed by atoms with Gasteiger partial charge < -0.3 is 25.0 Å². The van der Waals surface area contributed by atoms with Gasteiger partial charge in [0.15, 0.2) is 5.96 Å². The minimum atomic E-state index is -0.0270. The molecule has 3 rings (SSSR count). The Kier molecular flexibility index (Phi) is 12.3. The van der Waals surface area contributed by atoms with E-state index >= 15 is 0 Å². The van der Waals surface area contributed by atoms with E-state index in [1.54, 1.807) is 26.1 Å². The Bertz CT molecular complexity index is 749. The Morgan fingerprint density at radius 2 is 1.97 bits per heavy atom. The molecule has 0 aliphatic carbocycles. The maximum atomic E-state index is 12.1. The SMILES string of the molecule is COc1ccccc1C(CNC(=NCC(=O)N(C)C)NCC1CCCCO1)N1CCCC1.I. The summed E-state index contributed by atoms with van der Waals surface area (Å²) in [6, 6.07) is 8.38. The highest BCUT2D eigenvalue weighted by Gasteiger charge is 2.26. The average Bonchev–Trinajstić information content (AvgIpc) is 3.35. The third-order valence-electron chi connectivity index (χ3n) is 6.18. The summed E-state index contributed by atoms with van der Waals surface area (Å²) >= 11 is 0. The second kappa shape index (κ2) is 14.6. The summed E-state index contributed by atoms with van der Waals surface area (Å²) in [6.07, 6.45) is 5.97. The number of nitrogens with zero attached hydrogens (tertiary/aromatic N) is 3. The van der Waals surface area contributed by atoms with Crippen molar-refractivity contribution < 1.29 is 14.3 Å². The number of carbonyl (C=O) groups excluding carboxylic acids is 1. The van der Waals surface area contributed by atoms with Crippen molar-refractivity contribution in [2.75, 3.05) is 60.5 Å². The zero-order valence-electron chi connectivity index (χ0n) is 20.2. The molecule has 0 radical (unpaired) electrons. The molecule has 2 aliphatic rings. The van der Waals surface area contributed by atoms with Crippen molar-refractivity contribution in [2.45, 2.75) is 44.2 Å². The number of rotatable bonds is 9. The van der Waals surface area contributed by atoms with Gasteiger partial charge in [-0.15, -0.1) is 24.0 Å². The Hall–Kier alpha value is -1.59. The number of halogens is 1. The fourth-order valence-electron chi connectivity index (χ4n) is 4.27. The molecular formula is C24H40IN5O3. The molecule has 2 heterocycles. The summed E-state index contributed by atoms with van der Waals surface area (Å²) in [6.45, 7) is 4.42. The first-order valence-corrected chi connectivity index (χ1v) is 11.8. The Morgan fingerprint density at radius 1 is 1.21 bits per heavy atom. The van der Waals surface area contributed by atoms with E-state index in [-0.39, 0.29) is 48.6 Å². The lowest BCUT2D eigenvalue weighted by Crippen LogP contribution is -2.46. The molecule has 8 nitrogen and oxygen atoms in total. The van der Waals surface area contributed by atoms with Crippen molar-refractivity contribution in [1.29, 1.82) is 0 Å². The first kappa shape index (κ1) is 27.7. The number of likely N-dealkylation sites (tertiary alicyclic amines) is 1. The number of hydrogen-bond acceptors (Lipinski definition) is 5. The van der Waals surface area contributed by atoms with E-state index in [2.05, 4.69) is 32.7 Å². The number of ether oxygens (including phenoxy) is 2.